The molecular weight excluding hydrogens is 234 g/mol. The number of benzene rings is 1. The first-order valence-electron chi connectivity index (χ1n) is 5.70. The molecule has 0 aliphatic heterocycles. The quantitative estimate of drug-likeness (QED) is 0.808. The van der Waals surface area contributed by atoms with E-state index >= 15 is 0 Å². The average molecular weight is 253 g/mol. The Kier molecular flexibility index (Phi) is 4.97. The van der Waals surface area contributed by atoms with Crippen LogP contribution in [-0.2, 0) is 4.79 Å². The van der Waals surface area contributed by atoms with Gasteiger partial charge in [0.15, 0.2) is 0 Å². The Bertz CT molecular complexity index is 431. The highest BCUT2D eigenvalue weighted by atomic mass is 16.5. The van der Waals surface area contributed by atoms with Gasteiger partial charge in [-0.3, -0.25) is 4.79 Å². The maximum atomic E-state index is 10.6. The van der Waals surface area contributed by atoms with Crippen molar-refractivity contribution >= 4 is 5.97 Å². The lowest BCUT2D eigenvalue weighted by atomic mass is 9.96. The molecule has 0 fully saturated rings. The van der Waals surface area contributed by atoms with Crippen molar-refractivity contribution < 1.29 is 19.4 Å². The molecule has 0 saturated carbocycles. The van der Waals surface area contributed by atoms with E-state index in [-0.39, 0.29) is 12.5 Å². The van der Waals surface area contributed by atoms with E-state index in [1.54, 1.807) is 20.3 Å². The summed E-state index contributed by atoms with van der Waals surface area (Å²) in [5.74, 6) is 0.521. The first-order chi connectivity index (χ1) is 8.51. The van der Waals surface area contributed by atoms with Crippen molar-refractivity contribution in [1.82, 2.24) is 0 Å². The summed E-state index contributed by atoms with van der Waals surface area (Å²) in [4.78, 5) is 10.6. The van der Waals surface area contributed by atoms with Gasteiger partial charge < -0.3 is 20.3 Å². The van der Waals surface area contributed by atoms with Crippen molar-refractivity contribution in [3.05, 3.63) is 23.3 Å². The number of hydrogen-bond donors (Lipinski definition) is 2. The first kappa shape index (κ1) is 14.3. The summed E-state index contributed by atoms with van der Waals surface area (Å²) in [5, 5.41) is 8.69. The smallest absolute Gasteiger partial charge is 0.303 e. The third kappa shape index (κ3) is 3.13. The van der Waals surface area contributed by atoms with Gasteiger partial charge in [-0.2, -0.15) is 0 Å². The molecule has 3 N–H and O–H groups in total. The standard InChI is InChI=1S/C13H19NO4/c1-8-10(17-2)5-6-11(18-3)13(8)9(14)4-7-12(15)16/h5-6,9H,4,7,14H2,1-3H3,(H,15,16). The zero-order valence-electron chi connectivity index (χ0n) is 10.9. The highest BCUT2D eigenvalue weighted by Gasteiger charge is 2.18. The molecule has 5 nitrogen and oxygen atoms in total. The van der Waals surface area contributed by atoms with Crippen molar-refractivity contribution in [3.63, 3.8) is 0 Å². The van der Waals surface area contributed by atoms with E-state index in [2.05, 4.69) is 0 Å². The minimum atomic E-state index is -0.857. The number of nitrogens with two attached hydrogens (primary N) is 1. The minimum absolute atomic E-state index is 0.0287. The summed E-state index contributed by atoms with van der Waals surface area (Å²) in [6, 6.07) is 3.20. The maximum absolute atomic E-state index is 10.6. The van der Waals surface area contributed by atoms with Crippen LogP contribution in [0.5, 0.6) is 11.5 Å². The molecule has 1 unspecified atom stereocenters. The Balaban J connectivity index is 3.07. The zero-order chi connectivity index (χ0) is 13.7. The third-order valence-electron chi connectivity index (χ3n) is 2.90. The molecule has 1 aromatic carbocycles. The molecule has 0 aliphatic rings. The zero-order valence-corrected chi connectivity index (χ0v) is 10.9. The van der Waals surface area contributed by atoms with Gasteiger partial charge in [0.1, 0.15) is 11.5 Å². The molecule has 0 amide bonds. The molecule has 1 rings (SSSR count). The Morgan fingerprint density at radius 1 is 1.33 bits per heavy atom. The van der Waals surface area contributed by atoms with Gasteiger partial charge in [-0.15, -0.1) is 0 Å². The molecule has 18 heavy (non-hydrogen) atoms. The fraction of sp³-hybridized carbons (Fsp3) is 0.462. The molecule has 0 spiro atoms. The second-order valence-electron chi connectivity index (χ2n) is 4.05. The van der Waals surface area contributed by atoms with Crippen LogP contribution in [0.15, 0.2) is 12.1 Å². The number of carbonyl (C=O) groups is 1. The van der Waals surface area contributed by atoms with Gasteiger partial charge in [0.25, 0.3) is 0 Å². The van der Waals surface area contributed by atoms with Gasteiger partial charge in [0.2, 0.25) is 0 Å². The van der Waals surface area contributed by atoms with Crippen LogP contribution in [0.25, 0.3) is 0 Å². The third-order valence-corrected chi connectivity index (χ3v) is 2.90. The monoisotopic (exact) mass is 253 g/mol. The Hall–Kier alpha value is -1.75. The predicted molar refractivity (Wildman–Crippen MR) is 68.1 cm³/mol. The van der Waals surface area contributed by atoms with Crippen LogP contribution < -0.4 is 15.2 Å². The van der Waals surface area contributed by atoms with Gasteiger partial charge in [0.05, 0.1) is 14.2 Å². The van der Waals surface area contributed by atoms with Crippen LogP contribution in [0.1, 0.15) is 30.0 Å². The van der Waals surface area contributed by atoms with Crippen LogP contribution in [0.4, 0.5) is 0 Å². The number of ether oxygens (including phenoxy) is 2. The fourth-order valence-electron chi connectivity index (χ4n) is 1.97. The van der Waals surface area contributed by atoms with Gasteiger partial charge in [0, 0.05) is 18.0 Å². The second-order valence-corrected chi connectivity index (χ2v) is 4.05. The molecule has 100 valence electrons. The van der Waals surface area contributed by atoms with Crippen molar-refractivity contribution in [1.29, 1.82) is 0 Å². The molecule has 0 bridgehead atoms. The molecule has 1 aromatic rings. The number of aliphatic carboxylic acids is 1. The number of carboxylic acids is 1. The van der Waals surface area contributed by atoms with Gasteiger partial charge >= 0.3 is 5.97 Å². The van der Waals surface area contributed by atoms with Crippen molar-refractivity contribution in [2.45, 2.75) is 25.8 Å². The fourth-order valence-corrected chi connectivity index (χ4v) is 1.97. The summed E-state index contributed by atoms with van der Waals surface area (Å²) in [6.45, 7) is 1.89. The topological polar surface area (TPSA) is 81.8 Å². The second kappa shape index (κ2) is 6.26. The maximum Gasteiger partial charge on any atom is 0.303 e. The predicted octanol–water partition coefficient (Wildman–Crippen LogP) is 1.88. The molecule has 0 heterocycles. The van der Waals surface area contributed by atoms with Crippen LogP contribution in [0, 0.1) is 6.92 Å². The lowest BCUT2D eigenvalue weighted by molar-refractivity contribution is -0.137. The number of hydrogen-bond acceptors (Lipinski definition) is 4. The van der Waals surface area contributed by atoms with E-state index in [1.807, 2.05) is 13.0 Å². The van der Waals surface area contributed by atoms with Crippen LogP contribution >= 0.6 is 0 Å². The molecule has 5 heteroatoms. The molecule has 0 aliphatic carbocycles. The van der Waals surface area contributed by atoms with Gasteiger partial charge in [-0.1, -0.05) is 0 Å². The van der Waals surface area contributed by atoms with Gasteiger partial charge in [-0.05, 0) is 31.0 Å². The summed E-state index contributed by atoms with van der Waals surface area (Å²) in [7, 11) is 3.15. The number of rotatable bonds is 6. The molecule has 1 atom stereocenters. The lowest BCUT2D eigenvalue weighted by Crippen LogP contribution is -2.15. The largest absolute Gasteiger partial charge is 0.496 e. The van der Waals surface area contributed by atoms with E-state index in [0.29, 0.717) is 12.2 Å². The summed E-state index contributed by atoms with van der Waals surface area (Å²) in [6.07, 6.45) is 0.390. The Labute approximate surface area is 107 Å². The van der Waals surface area contributed by atoms with Crippen LogP contribution in [-0.4, -0.2) is 25.3 Å². The average Bonchev–Trinajstić information content (AvgIpc) is 2.35. The molecule has 0 radical (unpaired) electrons. The van der Waals surface area contributed by atoms with Crippen molar-refractivity contribution in [2.75, 3.05) is 14.2 Å². The van der Waals surface area contributed by atoms with E-state index in [1.165, 1.54) is 0 Å². The van der Waals surface area contributed by atoms with E-state index in [4.69, 9.17) is 20.3 Å². The van der Waals surface area contributed by atoms with Crippen molar-refractivity contribution in [2.24, 2.45) is 5.73 Å². The number of carboxylic acid groups (broad SMARTS) is 1. The Morgan fingerprint density at radius 2 is 1.89 bits per heavy atom. The summed E-state index contributed by atoms with van der Waals surface area (Å²) in [5.41, 5.74) is 7.73. The van der Waals surface area contributed by atoms with E-state index in [9.17, 15) is 4.79 Å². The van der Waals surface area contributed by atoms with E-state index in [0.717, 1.165) is 16.9 Å². The Morgan fingerprint density at radius 3 is 2.39 bits per heavy atom. The summed E-state index contributed by atoms with van der Waals surface area (Å²) >= 11 is 0. The highest BCUT2D eigenvalue weighted by molar-refractivity contribution is 5.66. The van der Waals surface area contributed by atoms with Crippen LogP contribution in [0.2, 0.25) is 0 Å². The normalized spacial score (nSPS) is 12.0. The van der Waals surface area contributed by atoms with Crippen LogP contribution in [0.3, 0.4) is 0 Å². The minimum Gasteiger partial charge on any atom is -0.496 e. The SMILES string of the molecule is COc1ccc(OC)c(C(N)CCC(=O)O)c1C. The molecule has 0 saturated heterocycles. The lowest BCUT2D eigenvalue weighted by Gasteiger charge is -2.19. The first-order valence-corrected chi connectivity index (χ1v) is 5.70. The van der Waals surface area contributed by atoms with Gasteiger partial charge in [-0.25, -0.2) is 0 Å². The van der Waals surface area contributed by atoms with E-state index < -0.39 is 5.97 Å². The molecule has 0 aromatic heterocycles. The molecular formula is C13H19NO4. The van der Waals surface area contributed by atoms with Crippen molar-refractivity contribution in [3.8, 4) is 11.5 Å². The summed E-state index contributed by atoms with van der Waals surface area (Å²) < 4.78 is 10.5. The highest BCUT2D eigenvalue weighted by Crippen LogP contribution is 2.34. The number of methoxy groups -OCH3 is 2.